The number of benzene rings is 2. The van der Waals surface area contributed by atoms with Gasteiger partial charge in [0.2, 0.25) is 0 Å². The Morgan fingerprint density at radius 3 is 2.58 bits per heavy atom. The molecule has 0 bridgehead atoms. The fourth-order valence-corrected chi connectivity index (χ4v) is 4.28. The third-order valence-electron chi connectivity index (χ3n) is 5.74. The van der Waals surface area contributed by atoms with Crippen LogP contribution in [0.1, 0.15) is 41.3 Å². The number of carbonyl (C=O) groups is 2. The molecule has 1 N–H and O–H groups in total. The van der Waals surface area contributed by atoms with Crippen LogP contribution < -0.4 is 5.32 Å². The SMILES string of the molecule is CCOC(=O)N1CC[C@H](NC2=NCC(=O)c3ccccc32)C[C@@H]1Cc1ccccc1.S=CI. The molecule has 2 aromatic rings. The summed E-state index contributed by atoms with van der Waals surface area (Å²) in [5.74, 6) is 0.827. The first-order valence-corrected chi connectivity index (χ1v) is 12.7. The largest absolute Gasteiger partial charge is 0.450 e. The number of halogens is 1. The summed E-state index contributed by atoms with van der Waals surface area (Å²) in [5, 5.41) is 3.56. The van der Waals surface area contributed by atoms with E-state index in [1.807, 2.05) is 76.9 Å². The summed E-state index contributed by atoms with van der Waals surface area (Å²) in [4.78, 5) is 31.0. The molecule has 1 fully saturated rings. The summed E-state index contributed by atoms with van der Waals surface area (Å²) in [6, 6.07) is 18.0. The maximum atomic E-state index is 12.5. The number of ketones is 1. The van der Waals surface area contributed by atoms with Crippen LogP contribution in [-0.4, -0.2) is 57.8 Å². The standard InChI is InChI=1S/C24H27N3O3.CHIS/c1-2-30-24(29)27-13-12-18(15-19(27)14-17-8-4-3-5-9-17)26-23-21-11-7-6-10-20(21)22(28)16-25-23;2-1-3/h3-11,18-19H,2,12-16H2,1H3,(H,25,26);1H/t18-,19-;/m0./s1. The lowest BCUT2D eigenvalue weighted by Gasteiger charge is -2.39. The number of carbonyl (C=O) groups excluding carboxylic acids is 2. The predicted octanol–water partition coefficient (Wildman–Crippen LogP) is 4.83. The van der Waals surface area contributed by atoms with E-state index in [0.29, 0.717) is 13.2 Å². The number of rotatable bonds is 4. The average Bonchev–Trinajstić information content (AvgIpc) is 2.83. The van der Waals surface area contributed by atoms with Crippen LogP contribution in [0, 0.1) is 0 Å². The zero-order chi connectivity index (χ0) is 23.6. The molecule has 2 aromatic carbocycles. The molecule has 0 aromatic heterocycles. The maximum Gasteiger partial charge on any atom is 0.410 e. The molecule has 174 valence electrons. The van der Waals surface area contributed by atoms with Gasteiger partial charge in [-0.3, -0.25) is 9.79 Å². The number of Topliss-reactive ketones (excluding diaryl/α,β-unsaturated/α-hetero) is 1. The van der Waals surface area contributed by atoms with Crippen molar-refractivity contribution in [2.45, 2.75) is 38.3 Å². The lowest BCUT2D eigenvalue weighted by molar-refractivity contribution is 0.0715. The third kappa shape index (κ3) is 6.83. The smallest absolute Gasteiger partial charge is 0.410 e. The Bertz CT molecular complexity index is 999. The van der Waals surface area contributed by atoms with Crippen molar-refractivity contribution >= 4 is 55.9 Å². The second-order valence-electron chi connectivity index (χ2n) is 7.82. The third-order valence-corrected chi connectivity index (χ3v) is 5.74. The van der Waals surface area contributed by atoms with Crippen LogP contribution in [0.15, 0.2) is 59.6 Å². The summed E-state index contributed by atoms with van der Waals surface area (Å²) in [6.45, 7) is 3.01. The molecule has 2 atom stereocenters. The number of hydrogen-bond acceptors (Lipinski definition) is 6. The first kappa shape index (κ1) is 25.3. The van der Waals surface area contributed by atoms with Crippen LogP contribution in [0.2, 0.25) is 0 Å². The van der Waals surface area contributed by atoms with Crippen LogP contribution in [0.25, 0.3) is 0 Å². The highest BCUT2D eigenvalue weighted by Gasteiger charge is 2.33. The van der Waals surface area contributed by atoms with Gasteiger partial charge in [0.05, 0.1) is 6.61 Å². The van der Waals surface area contributed by atoms with E-state index in [4.69, 9.17) is 4.74 Å². The molecule has 0 unspecified atom stereocenters. The Balaban J connectivity index is 0.000000968. The molecule has 1 saturated heterocycles. The van der Waals surface area contributed by atoms with E-state index in [0.717, 1.165) is 36.2 Å². The van der Waals surface area contributed by atoms with Gasteiger partial charge in [-0.05, 0) is 54.3 Å². The zero-order valence-corrected chi connectivity index (χ0v) is 21.6. The van der Waals surface area contributed by atoms with Crippen molar-refractivity contribution in [1.29, 1.82) is 0 Å². The summed E-state index contributed by atoms with van der Waals surface area (Å²) in [5.41, 5.74) is 2.78. The Hall–Kier alpha value is -2.33. The first-order chi connectivity index (χ1) is 16.1. The van der Waals surface area contributed by atoms with Gasteiger partial charge in [0.1, 0.15) is 12.4 Å². The van der Waals surface area contributed by atoms with Gasteiger partial charge in [0.25, 0.3) is 0 Å². The Morgan fingerprint density at radius 1 is 1.21 bits per heavy atom. The molecule has 8 heteroatoms. The van der Waals surface area contributed by atoms with E-state index in [9.17, 15) is 9.59 Å². The van der Waals surface area contributed by atoms with Crippen LogP contribution >= 0.6 is 34.8 Å². The van der Waals surface area contributed by atoms with E-state index < -0.39 is 0 Å². The summed E-state index contributed by atoms with van der Waals surface area (Å²) in [6.07, 6.45) is 2.13. The van der Waals surface area contributed by atoms with Crippen LogP contribution in [0.3, 0.4) is 0 Å². The molecule has 1 amide bonds. The van der Waals surface area contributed by atoms with Gasteiger partial charge in [-0.25, -0.2) is 4.79 Å². The van der Waals surface area contributed by atoms with Crippen LogP contribution in [0.4, 0.5) is 4.79 Å². The Morgan fingerprint density at radius 2 is 1.88 bits per heavy atom. The number of thiocarbonyl (C=S) groups is 1. The number of likely N-dealkylation sites (tertiary alicyclic amines) is 1. The van der Waals surface area contributed by atoms with E-state index in [1.54, 1.807) is 3.37 Å². The first-order valence-electron chi connectivity index (χ1n) is 11.0. The number of aliphatic imine (C=N–C) groups is 1. The molecule has 6 nitrogen and oxygen atoms in total. The second kappa shape index (κ2) is 12.8. The molecule has 2 aliphatic heterocycles. The molecule has 2 heterocycles. The molecule has 0 radical (unpaired) electrons. The minimum atomic E-state index is -0.247. The number of piperidine rings is 1. The lowest BCUT2D eigenvalue weighted by Crippen LogP contribution is -2.53. The number of amides is 1. The number of nitrogens with zero attached hydrogens (tertiary/aromatic N) is 2. The number of amidine groups is 1. The van der Waals surface area contributed by atoms with Gasteiger partial charge >= 0.3 is 6.09 Å². The van der Waals surface area contributed by atoms with Gasteiger partial charge in [-0.1, -0.05) is 66.8 Å². The molecule has 0 saturated carbocycles. The highest BCUT2D eigenvalue weighted by atomic mass is 127. The van der Waals surface area contributed by atoms with E-state index >= 15 is 0 Å². The highest BCUT2D eigenvalue weighted by Crippen LogP contribution is 2.24. The van der Waals surface area contributed by atoms with Crippen molar-refractivity contribution in [3.8, 4) is 0 Å². The van der Waals surface area contributed by atoms with Crippen molar-refractivity contribution in [3.63, 3.8) is 0 Å². The topological polar surface area (TPSA) is 71.0 Å². The molecular weight excluding hydrogens is 549 g/mol. The van der Waals surface area contributed by atoms with Gasteiger partial charge < -0.3 is 15.0 Å². The molecule has 0 aliphatic carbocycles. The molecular formula is C25H28IN3O3S. The van der Waals surface area contributed by atoms with Crippen LogP contribution in [-0.2, 0) is 11.2 Å². The van der Waals surface area contributed by atoms with Crippen molar-refractivity contribution in [2.75, 3.05) is 19.7 Å². The van der Waals surface area contributed by atoms with Gasteiger partial charge in [0.15, 0.2) is 5.78 Å². The highest BCUT2D eigenvalue weighted by molar-refractivity contribution is 14.1. The minimum Gasteiger partial charge on any atom is -0.450 e. The molecule has 2 aliphatic rings. The Labute approximate surface area is 213 Å². The van der Waals surface area contributed by atoms with Gasteiger partial charge in [-0.15, -0.1) is 0 Å². The summed E-state index contributed by atoms with van der Waals surface area (Å²) in [7, 11) is 0. The number of hydrogen-bond donors (Lipinski definition) is 1. The van der Waals surface area contributed by atoms with E-state index in [1.165, 1.54) is 5.56 Å². The fourth-order valence-electron chi connectivity index (χ4n) is 4.28. The summed E-state index contributed by atoms with van der Waals surface area (Å²) >= 11 is 6.23. The number of nitrogens with one attached hydrogen (secondary N) is 1. The average molecular weight is 577 g/mol. The summed E-state index contributed by atoms with van der Waals surface area (Å²) < 4.78 is 6.85. The van der Waals surface area contributed by atoms with E-state index in [-0.39, 0.29) is 30.5 Å². The fraction of sp³-hybridized carbons (Fsp3) is 0.360. The van der Waals surface area contributed by atoms with Crippen molar-refractivity contribution in [3.05, 3.63) is 71.3 Å². The minimum absolute atomic E-state index is 0.0405. The van der Waals surface area contributed by atoms with Crippen molar-refractivity contribution in [2.24, 2.45) is 4.99 Å². The Kier molecular flexibility index (Phi) is 9.80. The quantitative estimate of drug-likeness (QED) is 0.321. The normalized spacial score (nSPS) is 19.4. The second-order valence-corrected chi connectivity index (χ2v) is 9.53. The van der Waals surface area contributed by atoms with Gasteiger partial charge in [0, 0.05) is 33.1 Å². The van der Waals surface area contributed by atoms with E-state index in [2.05, 4.69) is 34.7 Å². The van der Waals surface area contributed by atoms with Crippen molar-refractivity contribution in [1.82, 2.24) is 10.2 Å². The maximum absolute atomic E-state index is 12.5. The lowest BCUT2D eigenvalue weighted by atomic mass is 9.91. The monoisotopic (exact) mass is 577 g/mol. The van der Waals surface area contributed by atoms with Crippen LogP contribution in [0.5, 0.6) is 0 Å². The van der Waals surface area contributed by atoms with Gasteiger partial charge in [-0.2, -0.15) is 0 Å². The zero-order valence-electron chi connectivity index (χ0n) is 18.6. The van der Waals surface area contributed by atoms with Crippen molar-refractivity contribution < 1.29 is 14.3 Å². The molecule has 33 heavy (non-hydrogen) atoms. The molecule has 4 rings (SSSR count). The predicted molar refractivity (Wildman–Crippen MR) is 144 cm³/mol. The molecule has 0 spiro atoms. The number of fused-ring (bicyclic) bond motifs is 1. The number of ether oxygens (including phenoxy) is 1.